The molecule has 4 N–H and O–H groups in total. The first-order valence-electron chi connectivity index (χ1n) is 4.08. The number of hydrogen-bond acceptors (Lipinski definition) is 4. The number of aromatic hydroxyl groups is 1. The molecule has 1 aromatic carbocycles. The molecule has 0 spiro atoms. The second-order valence-electron chi connectivity index (χ2n) is 3.06. The number of hydrogen-bond donors (Lipinski definition) is 3. The van der Waals surface area contributed by atoms with E-state index in [0.717, 1.165) is 5.56 Å². The van der Waals surface area contributed by atoms with Crippen LogP contribution in [0, 0.1) is 0 Å². The van der Waals surface area contributed by atoms with E-state index in [2.05, 4.69) is 0 Å². The van der Waals surface area contributed by atoms with E-state index in [1.54, 1.807) is 6.07 Å². The molecule has 2 rings (SSSR count). The van der Waals surface area contributed by atoms with Crippen molar-refractivity contribution in [2.75, 3.05) is 6.61 Å². The topological polar surface area (TPSA) is 75.7 Å². The van der Waals surface area contributed by atoms with Gasteiger partial charge in [0.1, 0.15) is 18.1 Å². The van der Waals surface area contributed by atoms with E-state index < -0.39 is 0 Å². The van der Waals surface area contributed by atoms with Gasteiger partial charge >= 0.3 is 0 Å². The Bertz CT molecular complexity index is 338. The summed E-state index contributed by atoms with van der Waals surface area (Å²) < 4.78 is 5.27. The van der Waals surface area contributed by atoms with Gasteiger partial charge in [-0.25, -0.2) is 0 Å². The highest BCUT2D eigenvalue weighted by atomic mass is 16.5. The summed E-state index contributed by atoms with van der Waals surface area (Å²) in [6.07, 6.45) is 0. The van der Waals surface area contributed by atoms with Crippen LogP contribution >= 0.6 is 0 Å². The van der Waals surface area contributed by atoms with Crippen molar-refractivity contribution >= 4 is 0 Å². The maximum atomic E-state index is 9.38. The van der Waals surface area contributed by atoms with Crippen molar-refractivity contribution in [1.82, 2.24) is 0 Å². The van der Waals surface area contributed by atoms with Gasteiger partial charge in [-0.05, 0) is 12.1 Å². The van der Waals surface area contributed by atoms with Gasteiger partial charge in [-0.1, -0.05) is 0 Å². The minimum atomic E-state index is -0.234. The fourth-order valence-electron chi connectivity index (χ4n) is 1.51. The third-order valence-corrected chi connectivity index (χ3v) is 2.23. The Morgan fingerprint density at radius 3 is 3.00 bits per heavy atom. The van der Waals surface area contributed by atoms with Crippen LogP contribution in [0.1, 0.15) is 17.2 Å². The summed E-state index contributed by atoms with van der Waals surface area (Å²) in [7, 11) is 0. The van der Waals surface area contributed by atoms with E-state index in [0.29, 0.717) is 17.9 Å². The molecule has 0 radical (unpaired) electrons. The molecule has 0 amide bonds. The lowest BCUT2D eigenvalue weighted by Gasteiger charge is -2.07. The van der Waals surface area contributed by atoms with Crippen molar-refractivity contribution in [3.05, 3.63) is 23.3 Å². The molecule has 0 aromatic heterocycles. The van der Waals surface area contributed by atoms with Crippen LogP contribution in [0.2, 0.25) is 0 Å². The van der Waals surface area contributed by atoms with Crippen LogP contribution in [-0.4, -0.2) is 16.8 Å². The first-order chi connectivity index (χ1) is 6.24. The largest absolute Gasteiger partial charge is 0.507 e. The zero-order valence-electron chi connectivity index (χ0n) is 7.03. The summed E-state index contributed by atoms with van der Waals surface area (Å²) in [5.74, 6) is 0.588. The summed E-state index contributed by atoms with van der Waals surface area (Å²) in [6, 6.07) is 3.10. The number of phenols is 1. The van der Waals surface area contributed by atoms with Crippen LogP contribution < -0.4 is 10.5 Å². The van der Waals surface area contributed by atoms with Crippen molar-refractivity contribution in [2.45, 2.75) is 12.6 Å². The smallest absolute Gasteiger partial charge is 0.133 e. The van der Waals surface area contributed by atoms with Crippen molar-refractivity contribution < 1.29 is 14.9 Å². The molecule has 13 heavy (non-hydrogen) atoms. The molecule has 0 saturated heterocycles. The third kappa shape index (κ3) is 1.15. The number of ether oxygens (including phenoxy) is 1. The van der Waals surface area contributed by atoms with E-state index >= 15 is 0 Å². The Kier molecular flexibility index (Phi) is 1.86. The monoisotopic (exact) mass is 181 g/mol. The Hall–Kier alpha value is -1.26. The lowest BCUT2D eigenvalue weighted by Crippen LogP contribution is -2.10. The van der Waals surface area contributed by atoms with Crippen LogP contribution in [-0.2, 0) is 6.61 Å². The van der Waals surface area contributed by atoms with E-state index in [1.807, 2.05) is 0 Å². The number of rotatable bonds is 1. The van der Waals surface area contributed by atoms with Crippen LogP contribution in [0.15, 0.2) is 12.1 Å². The second kappa shape index (κ2) is 2.90. The molecule has 0 saturated carbocycles. The highest BCUT2D eigenvalue weighted by Crippen LogP contribution is 2.38. The molecule has 1 aromatic rings. The fraction of sp³-hybridized carbons (Fsp3) is 0.333. The van der Waals surface area contributed by atoms with Crippen molar-refractivity contribution in [1.29, 1.82) is 0 Å². The van der Waals surface area contributed by atoms with Gasteiger partial charge in [0.2, 0.25) is 0 Å². The third-order valence-electron chi connectivity index (χ3n) is 2.23. The first-order valence-corrected chi connectivity index (χ1v) is 4.08. The van der Waals surface area contributed by atoms with E-state index in [9.17, 15) is 5.11 Å². The molecular weight excluding hydrogens is 170 g/mol. The van der Waals surface area contributed by atoms with Crippen LogP contribution in [0.4, 0.5) is 0 Å². The van der Waals surface area contributed by atoms with Crippen LogP contribution in [0.5, 0.6) is 11.5 Å². The second-order valence-corrected chi connectivity index (χ2v) is 3.06. The Balaban J connectivity index is 2.57. The highest BCUT2D eigenvalue weighted by molar-refractivity contribution is 5.52. The Morgan fingerprint density at radius 1 is 1.54 bits per heavy atom. The summed E-state index contributed by atoms with van der Waals surface area (Å²) in [5, 5.41) is 18.4. The lowest BCUT2D eigenvalue weighted by molar-refractivity contribution is 0.262. The predicted molar refractivity (Wildman–Crippen MR) is 46.5 cm³/mol. The maximum absolute atomic E-state index is 9.38. The molecule has 1 atom stereocenters. The predicted octanol–water partition coefficient (Wildman–Crippen LogP) is 0.277. The van der Waals surface area contributed by atoms with Gasteiger partial charge in [-0.3, -0.25) is 0 Å². The van der Waals surface area contributed by atoms with Gasteiger partial charge in [0, 0.05) is 5.56 Å². The van der Waals surface area contributed by atoms with Gasteiger partial charge in [0.25, 0.3) is 0 Å². The van der Waals surface area contributed by atoms with E-state index in [1.165, 1.54) is 6.07 Å². The number of nitrogens with two attached hydrogens (primary N) is 1. The number of aliphatic hydroxyl groups is 1. The lowest BCUT2D eigenvalue weighted by atomic mass is 10.1. The van der Waals surface area contributed by atoms with Crippen molar-refractivity contribution in [3.63, 3.8) is 0 Å². The molecule has 1 aliphatic rings. The first kappa shape index (κ1) is 8.34. The van der Waals surface area contributed by atoms with Gasteiger partial charge in [-0.15, -0.1) is 0 Å². The number of fused-ring (bicyclic) bond motifs is 1. The quantitative estimate of drug-likeness (QED) is 0.581. The Morgan fingerprint density at radius 2 is 2.31 bits per heavy atom. The molecule has 0 fully saturated rings. The van der Waals surface area contributed by atoms with Crippen molar-refractivity contribution in [3.8, 4) is 11.5 Å². The molecule has 0 aliphatic carbocycles. The minimum absolute atomic E-state index is 0.0513. The summed E-state index contributed by atoms with van der Waals surface area (Å²) in [6.45, 7) is 0.174. The van der Waals surface area contributed by atoms with Gasteiger partial charge in [0.05, 0.1) is 18.2 Å². The number of benzene rings is 1. The molecule has 70 valence electrons. The van der Waals surface area contributed by atoms with Crippen LogP contribution in [0.3, 0.4) is 0 Å². The van der Waals surface area contributed by atoms with Gasteiger partial charge in [0.15, 0.2) is 0 Å². The highest BCUT2D eigenvalue weighted by Gasteiger charge is 2.24. The normalized spacial score (nSPS) is 19.7. The molecule has 1 aliphatic heterocycles. The fourth-order valence-corrected chi connectivity index (χ4v) is 1.51. The standard InChI is InChI=1S/C9H11NO3/c10-7-4-13-9-5(7)1-2-8(12)6(9)3-11/h1-2,7,11-12H,3-4,10H2/t7-/m0/s1. The zero-order valence-corrected chi connectivity index (χ0v) is 7.03. The molecule has 1 heterocycles. The Labute approximate surface area is 75.6 Å². The molecule has 4 nitrogen and oxygen atoms in total. The summed E-state index contributed by atoms with van der Waals surface area (Å²) >= 11 is 0. The van der Waals surface area contributed by atoms with Crippen LogP contribution in [0.25, 0.3) is 0 Å². The summed E-state index contributed by atoms with van der Waals surface area (Å²) in [5.41, 5.74) is 7.00. The molecule has 0 unspecified atom stereocenters. The maximum Gasteiger partial charge on any atom is 0.133 e. The van der Waals surface area contributed by atoms with E-state index in [4.69, 9.17) is 15.6 Å². The van der Waals surface area contributed by atoms with E-state index in [-0.39, 0.29) is 18.4 Å². The number of aliphatic hydroxyl groups excluding tert-OH is 1. The van der Waals surface area contributed by atoms with Gasteiger partial charge in [-0.2, -0.15) is 0 Å². The SMILES string of the molecule is N[C@H]1COc2c1ccc(O)c2CO. The average molecular weight is 181 g/mol. The minimum Gasteiger partial charge on any atom is -0.507 e. The van der Waals surface area contributed by atoms with Crippen molar-refractivity contribution in [2.24, 2.45) is 5.73 Å². The average Bonchev–Trinajstić information content (AvgIpc) is 2.48. The zero-order chi connectivity index (χ0) is 9.42. The van der Waals surface area contributed by atoms with Gasteiger partial charge < -0.3 is 20.7 Å². The molecule has 4 heteroatoms. The molecule has 0 bridgehead atoms. The summed E-state index contributed by atoms with van der Waals surface area (Å²) in [4.78, 5) is 0. The molecular formula is C9H11NO3.